The fourth-order valence-corrected chi connectivity index (χ4v) is 5.08. The van der Waals surface area contributed by atoms with Crippen molar-refractivity contribution < 1.29 is 0 Å². The molecule has 4 atom stereocenters. The van der Waals surface area contributed by atoms with Gasteiger partial charge in [0.25, 0.3) is 0 Å². The number of rotatable bonds is 3. The van der Waals surface area contributed by atoms with Gasteiger partial charge in [-0.15, -0.1) is 0 Å². The zero-order valence-corrected chi connectivity index (χ0v) is 11.6. The average molecular weight is 390 g/mol. The molecule has 0 aromatic rings. The Hall–Kier alpha value is 1.46. The van der Waals surface area contributed by atoms with Crippen LogP contribution in [0, 0.1) is 23.7 Å². The number of alkyl halides is 2. The molecule has 0 saturated heterocycles. The maximum Gasteiger partial charge on any atom is 0.00264 e. The Morgan fingerprint density at radius 2 is 1.58 bits per heavy atom. The van der Waals surface area contributed by atoms with E-state index in [1.54, 1.807) is 19.3 Å². The highest BCUT2D eigenvalue weighted by Gasteiger charge is 2.44. The van der Waals surface area contributed by atoms with E-state index in [0.29, 0.717) is 0 Å². The zero-order valence-electron chi connectivity index (χ0n) is 7.31. The summed E-state index contributed by atoms with van der Waals surface area (Å²) in [5.74, 6) is 4.47. The van der Waals surface area contributed by atoms with Crippen LogP contribution >= 0.6 is 45.2 Å². The summed E-state index contributed by atoms with van der Waals surface area (Å²) >= 11 is 5.11. The minimum Gasteiger partial charge on any atom is -0.0864 e. The lowest BCUT2D eigenvalue weighted by Gasteiger charge is -2.26. The first-order valence-electron chi connectivity index (χ1n) is 4.97. The first-order valence-corrected chi connectivity index (χ1v) is 8.02. The second-order valence-electron chi connectivity index (χ2n) is 4.38. The van der Waals surface area contributed by atoms with Crippen LogP contribution in [0.1, 0.15) is 25.7 Å². The largest absolute Gasteiger partial charge is 0.0864 e. The molecule has 2 aliphatic rings. The van der Waals surface area contributed by atoms with E-state index in [9.17, 15) is 0 Å². The van der Waals surface area contributed by atoms with Gasteiger partial charge in [0, 0.05) is 4.43 Å². The number of fused-ring (bicyclic) bond motifs is 2. The van der Waals surface area contributed by atoms with Crippen LogP contribution in [0.3, 0.4) is 0 Å². The molecule has 70 valence electrons. The van der Waals surface area contributed by atoms with Crippen molar-refractivity contribution in [2.45, 2.75) is 25.7 Å². The van der Waals surface area contributed by atoms with Crippen LogP contribution in [0.25, 0.3) is 0 Å². The molecule has 0 aromatic carbocycles. The zero-order chi connectivity index (χ0) is 8.55. The molecule has 2 fully saturated rings. The molecule has 2 rings (SSSR count). The van der Waals surface area contributed by atoms with Crippen molar-refractivity contribution in [1.82, 2.24) is 0 Å². The second-order valence-corrected chi connectivity index (χ2v) is 6.34. The first kappa shape index (κ1) is 9.99. The Labute approximate surface area is 103 Å². The minimum absolute atomic E-state index is 1.10. The quantitative estimate of drug-likeness (QED) is 0.507. The Morgan fingerprint density at radius 1 is 0.917 bits per heavy atom. The predicted molar refractivity (Wildman–Crippen MR) is 70.2 cm³/mol. The molecule has 0 heterocycles. The van der Waals surface area contributed by atoms with Gasteiger partial charge in [0.2, 0.25) is 0 Å². The van der Waals surface area contributed by atoms with Crippen molar-refractivity contribution in [1.29, 1.82) is 0 Å². The molecule has 0 amide bonds. The van der Waals surface area contributed by atoms with Crippen molar-refractivity contribution >= 4 is 45.2 Å². The molecule has 0 aromatic heterocycles. The monoisotopic (exact) mass is 390 g/mol. The van der Waals surface area contributed by atoms with E-state index in [2.05, 4.69) is 45.2 Å². The van der Waals surface area contributed by atoms with E-state index < -0.39 is 0 Å². The Balaban J connectivity index is 1.89. The van der Waals surface area contributed by atoms with Gasteiger partial charge in [-0.25, -0.2) is 0 Å². The summed E-state index contributed by atoms with van der Waals surface area (Å²) in [5.41, 5.74) is 0. The van der Waals surface area contributed by atoms with Crippen LogP contribution in [0.5, 0.6) is 0 Å². The van der Waals surface area contributed by atoms with Crippen molar-refractivity contribution in [2.75, 3.05) is 8.86 Å². The molecule has 2 bridgehead atoms. The molecule has 0 aliphatic heterocycles. The maximum atomic E-state index is 2.58. The van der Waals surface area contributed by atoms with Gasteiger partial charge >= 0.3 is 0 Å². The second kappa shape index (κ2) is 4.32. The van der Waals surface area contributed by atoms with Crippen LogP contribution in [0.4, 0.5) is 0 Å². The Bertz CT molecular complexity index is 158. The third-order valence-corrected chi connectivity index (χ3v) is 5.58. The highest BCUT2D eigenvalue weighted by atomic mass is 127. The van der Waals surface area contributed by atoms with E-state index in [-0.39, 0.29) is 0 Å². The van der Waals surface area contributed by atoms with Crippen LogP contribution in [-0.4, -0.2) is 8.86 Å². The first-order chi connectivity index (χ1) is 5.85. The average Bonchev–Trinajstić information content (AvgIpc) is 2.62. The number of hydrogen-bond acceptors (Lipinski definition) is 0. The summed E-state index contributed by atoms with van der Waals surface area (Å²) in [7, 11) is 0. The van der Waals surface area contributed by atoms with Gasteiger partial charge in [-0.3, -0.25) is 0 Å². The lowest BCUT2D eigenvalue weighted by atomic mass is 9.82. The fourth-order valence-electron chi connectivity index (χ4n) is 3.20. The summed E-state index contributed by atoms with van der Waals surface area (Å²) in [6.07, 6.45) is 6.21. The summed E-state index contributed by atoms with van der Waals surface area (Å²) < 4.78 is 2.79. The summed E-state index contributed by atoms with van der Waals surface area (Å²) in [5, 5.41) is 0. The number of hydrogen-bond donors (Lipinski definition) is 0. The third-order valence-electron chi connectivity index (χ3n) is 3.83. The van der Waals surface area contributed by atoms with Crippen molar-refractivity contribution in [3.8, 4) is 0 Å². The molecular weight excluding hydrogens is 374 g/mol. The van der Waals surface area contributed by atoms with E-state index in [1.165, 1.54) is 15.3 Å². The van der Waals surface area contributed by atoms with Gasteiger partial charge in [-0.05, 0) is 53.8 Å². The topological polar surface area (TPSA) is 0 Å². The normalized spacial score (nSPS) is 45.5. The van der Waals surface area contributed by atoms with Gasteiger partial charge in [0.1, 0.15) is 0 Å². The summed E-state index contributed by atoms with van der Waals surface area (Å²) in [4.78, 5) is 0. The van der Waals surface area contributed by atoms with E-state index in [1.807, 2.05) is 0 Å². The molecule has 0 radical (unpaired) electrons. The lowest BCUT2D eigenvalue weighted by Crippen LogP contribution is -2.18. The molecule has 4 unspecified atom stereocenters. The SMILES string of the molecule is ICCC1CC2CC1CC2CI. The fraction of sp³-hybridized carbons (Fsp3) is 1.00. The van der Waals surface area contributed by atoms with Gasteiger partial charge in [0.15, 0.2) is 0 Å². The predicted octanol–water partition coefficient (Wildman–Crippen LogP) is 3.91. The summed E-state index contributed by atoms with van der Waals surface area (Å²) in [6.45, 7) is 0. The van der Waals surface area contributed by atoms with Crippen LogP contribution in [0.15, 0.2) is 0 Å². The highest BCUT2D eigenvalue weighted by molar-refractivity contribution is 14.1. The van der Waals surface area contributed by atoms with Crippen LogP contribution in [-0.2, 0) is 0 Å². The molecule has 2 saturated carbocycles. The Morgan fingerprint density at radius 3 is 2.08 bits per heavy atom. The minimum atomic E-state index is 1.10. The molecule has 0 nitrogen and oxygen atoms in total. The van der Waals surface area contributed by atoms with Gasteiger partial charge in [-0.2, -0.15) is 0 Å². The van der Waals surface area contributed by atoms with Gasteiger partial charge in [-0.1, -0.05) is 45.2 Å². The smallest absolute Gasteiger partial charge is 0.00264 e. The summed E-state index contributed by atoms with van der Waals surface area (Å²) in [6, 6.07) is 0. The molecule has 0 N–H and O–H groups in total. The van der Waals surface area contributed by atoms with E-state index in [0.717, 1.165) is 23.7 Å². The molecule has 0 spiro atoms. The van der Waals surface area contributed by atoms with E-state index >= 15 is 0 Å². The Kier molecular flexibility index (Phi) is 3.60. The number of halogens is 2. The molecule has 2 aliphatic carbocycles. The van der Waals surface area contributed by atoms with Gasteiger partial charge < -0.3 is 0 Å². The van der Waals surface area contributed by atoms with Crippen molar-refractivity contribution in [3.05, 3.63) is 0 Å². The molecule has 2 heteroatoms. The van der Waals surface area contributed by atoms with Crippen molar-refractivity contribution in [2.24, 2.45) is 23.7 Å². The molecular formula is C10H16I2. The van der Waals surface area contributed by atoms with Crippen molar-refractivity contribution in [3.63, 3.8) is 0 Å². The highest BCUT2D eigenvalue weighted by Crippen LogP contribution is 2.53. The van der Waals surface area contributed by atoms with Crippen LogP contribution in [0.2, 0.25) is 0 Å². The molecule has 12 heavy (non-hydrogen) atoms. The standard InChI is InChI=1S/C10H16I2/c11-2-1-7-3-9-4-8(7)5-10(9)6-12/h7-10H,1-6H2. The third kappa shape index (κ3) is 1.79. The van der Waals surface area contributed by atoms with E-state index in [4.69, 9.17) is 0 Å². The lowest BCUT2D eigenvalue weighted by molar-refractivity contribution is 0.273. The van der Waals surface area contributed by atoms with Crippen LogP contribution < -0.4 is 0 Å². The van der Waals surface area contributed by atoms with Gasteiger partial charge in [0.05, 0.1) is 0 Å². The maximum absolute atomic E-state index is 2.58.